The van der Waals surface area contributed by atoms with E-state index in [2.05, 4.69) is 9.97 Å². The SMILES string of the molecule is CC(C)(N)c1cc(=O)[nH]cn1. The largest absolute Gasteiger partial charge is 0.321 e. The van der Waals surface area contributed by atoms with E-state index >= 15 is 0 Å². The Kier molecular flexibility index (Phi) is 1.78. The third kappa shape index (κ3) is 1.88. The Bertz CT molecular complexity index is 297. The molecule has 1 aromatic rings. The summed E-state index contributed by atoms with van der Waals surface area (Å²) in [7, 11) is 0. The van der Waals surface area contributed by atoms with Crippen LogP contribution in [0.1, 0.15) is 19.5 Å². The minimum absolute atomic E-state index is 0.173. The van der Waals surface area contributed by atoms with Crippen LogP contribution in [-0.2, 0) is 5.54 Å². The molecule has 0 radical (unpaired) electrons. The topological polar surface area (TPSA) is 71.8 Å². The molecule has 0 spiro atoms. The molecule has 0 saturated heterocycles. The number of rotatable bonds is 1. The Morgan fingerprint density at radius 3 is 2.64 bits per heavy atom. The summed E-state index contributed by atoms with van der Waals surface area (Å²) in [5.41, 5.74) is 5.59. The van der Waals surface area contributed by atoms with Crippen molar-refractivity contribution < 1.29 is 0 Å². The van der Waals surface area contributed by atoms with E-state index in [0.29, 0.717) is 5.69 Å². The second-order valence-electron chi connectivity index (χ2n) is 3.02. The quantitative estimate of drug-likeness (QED) is 0.594. The zero-order chi connectivity index (χ0) is 8.48. The molecule has 11 heavy (non-hydrogen) atoms. The molecular formula is C7H11N3O. The first kappa shape index (κ1) is 7.94. The summed E-state index contributed by atoms with van der Waals surface area (Å²) in [5.74, 6) is 0. The highest BCUT2D eigenvalue weighted by Gasteiger charge is 2.15. The lowest BCUT2D eigenvalue weighted by atomic mass is 10.0. The van der Waals surface area contributed by atoms with Gasteiger partial charge in [-0.25, -0.2) is 4.98 Å². The molecule has 0 saturated carbocycles. The van der Waals surface area contributed by atoms with Gasteiger partial charge in [-0.2, -0.15) is 0 Å². The second kappa shape index (κ2) is 2.47. The molecule has 0 aromatic carbocycles. The maximum absolute atomic E-state index is 10.8. The highest BCUT2D eigenvalue weighted by molar-refractivity contribution is 5.08. The molecule has 4 nitrogen and oxygen atoms in total. The molecule has 0 bridgehead atoms. The third-order valence-electron chi connectivity index (χ3n) is 1.34. The maximum Gasteiger partial charge on any atom is 0.250 e. The van der Waals surface area contributed by atoms with Gasteiger partial charge < -0.3 is 10.7 Å². The fourth-order valence-electron chi connectivity index (χ4n) is 0.721. The van der Waals surface area contributed by atoms with Gasteiger partial charge in [0.25, 0.3) is 5.56 Å². The van der Waals surface area contributed by atoms with Crippen molar-refractivity contribution >= 4 is 0 Å². The summed E-state index contributed by atoms with van der Waals surface area (Å²) in [6.07, 6.45) is 1.35. The summed E-state index contributed by atoms with van der Waals surface area (Å²) >= 11 is 0. The highest BCUT2D eigenvalue weighted by Crippen LogP contribution is 2.09. The second-order valence-corrected chi connectivity index (χ2v) is 3.02. The van der Waals surface area contributed by atoms with Crippen molar-refractivity contribution in [3.05, 3.63) is 28.4 Å². The number of aromatic nitrogens is 2. The molecule has 60 valence electrons. The predicted octanol–water partition coefficient (Wildman–Crippen LogP) is -0.0363. The number of aromatic amines is 1. The van der Waals surface area contributed by atoms with E-state index in [0.717, 1.165) is 0 Å². The molecule has 1 rings (SSSR count). The smallest absolute Gasteiger partial charge is 0.250 e. The van der Waals surface area contributed by atoms with Gasteiger partial charge in [0.15, 0.2) is 0 Å². The number of H-pyrrole nitrogens is 1. The van der Waals surface area contributed by atoms with Crippen LogP contribution in [0.4, 0.5) is 0 Å². The lowest BCUT2D eigenvalue weighted by Gasteiger charge is -2.16. The van der Waals surface area contributed by atoms with Crippen LogP contribution in [0, 0.1) is 0 Å². The van der Waals surface area contributed by atoms with Gasteiger partial charge in [0, 0.05) is 6.07 Å². The Labute approximate surface area is 64.5 Å². The minimum Gasteiger partial charge on any atom is -0.321 e. The Morgan fingerprint density at radius 1 is 1.64 bits per heavy atom. The maximum atomic E-state index is 10.8. The van der Waals surface area contributed by atoms with Crippen molar-refractivity contribution in [2.24, 2.45) is 5.73 Å². The summed E-state index contributed by atoms with van der Waals surface area (Å²) in [6.45, 7) is 3.60. The van der Waals surface area contributed by atoms with Crippen molar-refractivity contribution in [2.75, 3.05) is 0 Å². The van der Waals surface area contributed by atoms with Crippen molar-refractivity contribution in [1.82, 2.24) is 9.97 Å². The zero-order valence-corrected chi connectivity index (χ0v) is 6.59. The van der Waals surface area contributed by atoms with Crippen molar-refractivity contribution in [1.29, 1.82) is 0 Å². The molecular weight excluding hydrogens is 142 g/mol. The first-order valence-corrected chi connectivity index (χ1v) is 3.34. The average molecular weight is 153 g/mol. The summed E-state index contributed by atoms with van der Waals surface area (Å²) in [4.78, 5) is 17.1. The lowest BCUT2D eigenvalue weighted by molar-refractivity contribution is 0.532. The normalized spacial score (nSPS) is 11.5. The van der Waals surface area contributed by atoms with E-state index in [-0.39, 0.29) is 5.56 Å². The van der Waals surface area contributed by atoms with Gasteiger partial charge >= 0.3 is 0 Å². The fourth-order valence-corrected chi connectivity index (χ4v) is 0.721. The summed E-state index contributed by atoms with van der Waals surface area (Å²) in [5, 5.41) is 0. The van der Waals surface area contributed by atoms with E-state index in [1.54, 1.807) is 13.8 Å². The molecule has 0 aliphatic heterocycles. The molecule has 3 N–H and O–H groups in total. The average Bonchev–Trinajstić information content (AvgIpc) is 1.86. The van der Waals surface area contributed by atoms with Gasteiger partial charge in [0.05, 0.1) is 17.6 Å². The Hall–Kier alpha value is -1.16. The van der Waals surface area contributed by atoms with Crippen LogP contribution in [0.5, 0.6) is 0 Å². The first-order valence-electron chi connectivity index (χ1n) is 3.34. The van der Waals surface area contributed by atoms with Crippen LogP contribution in [0.3, 0.4) is 0 Å². The lowest BCUT2D eigenvalue weighted by Crippen LogP contribution is -2.31. The van der Waals surface area contributed by atoms with E-state index in [9.17, 15) is 4.79 Å². The molecule has 0 aliphatic carbocycles. The number of nitrogens with one attached hydrogen (secondary N) is 1. The molecule has 4 heteroatoms. The summed E-state index contributed by atoms with van der Waals surface area (Å²) in [6, 6.07) is 1.40. The van der Waals surface area contributed by atoms with Crippen molar-refractivity contribution in [3.63, 3.8) is 0 Å². The van der Waals surface area contributed by atoms with Crippen LogP contribution in [0.15, 0.2) is 17.2 Å². The van der Waals surface area contributed by atoms with Gasteiger partial charge in [-0.3, -0.25) is 4.79 Å². The standard InChI is InChI=1S/C7H11N3O/c1-7(2,8)5-3-6(11)10-4-9-5/h3-4H,8H2,1-2H3,(H,9,10,11). The Balaban J connectivity index is 3.16. The predicted molar refractivity (Wildman–Crippen MR) is 42.1 cm³/mol. The number of nitrogens with zero attached hydrogens (tertiary/aromatic N) is 1. The molecule has 0 aliphatic rings. The molecule has 0 unspecified atom stereocenters. The molecule has 1 aromatic heterocycles. The van der Waals surface area contributed by atoms with Crippen LogP contribution in [0.2, 0.25) is 0 Å². The van der Waals surface area contributed by atoms with Crippen LogP contribution >= 0.6 is 0 Å². The third-order valence-corrected chi connectivity index (χ3v) is 1.34. The first-order chi connectivity index (χ1) is 5.00. The van der Waals surface area contributed by atoms with E-state index in [1.165, 1.54) is 12.4 Å². The number of nitrogens with two attached hydrogens (primary N) is 1. The highest BCUT2D eigenvalue weighted by atomic mass is 16.1. The van der Waals surface area contributed by atoms with E-state index < -0.39 is 5.54 Å². The van der Waals surface area contributed by atoms with E-state index in [4.69, 9.17) is 5.73 Å². The Morgan fingerprint density at radius 2 is 2.27 bits per heavy atom. The fraction of sp³-hybridized carbons (Fsp3) is 0.429. The van der Waals surface area contributed by atoms with Gasteiger partial charge in [-0.1, -0.05) is 0 Å². The van der Waals surface area contributed by atoms with Crippen LogP contribution in [0.25, 0.3) is 0 Å². The van der Waals surface area contributed by atoms with Gasteiger partial charge in [-0.15, -0.1) is 0 Å². The summed E-state index contributed by atoms with van der Waals surface area (Å²) < 4.78 is 0. The monoisotopic (exact) mass is 153 g/mol. The van der Waals surface area contributed by atoms with Crippen LogP contribution < -0.4 is 11.3 Å². The molecule has 0 amide bonds. The van der Waals surface area contributed by atoms with Crippen molar-refractivity contribution in [2.45, 2.75) is 19.4 Å². The van der Waals surface area contributed by atoms with Crippen molar-refractivity contribution in [3.8, 4) is 0 Å². The van der Waals surface area contributed by atoms with Crippen LogP contribution in [-0.4, -0.2) is 9.97 Å². The molecule has 1 heterocycles. The number of hydrogen-bond donors (Lipinski definition) is 2. The van der Waals surface area contributed by atoms with Gasteiger partial charge in [0.1, 0.15) is 0 Å². The molecule has 0 atom stereocenters. The zero-order valence-electron chi connectivity index (χ0n) is 6.59. The van der Waals surface area contributed by atoms with Gasteiger partial charge in [0.2, 0.25) is 0 Å². The number of hydrogen-bond acceptors (Lipinski definition) is 3. The minimum atomic E-state index is -0.547. The van der Waals surface area contributed by atoms with E-state index in [1.807, 2.05) is 0 Å². The van der Waals surface area contributed by atoms with Gasteiger partial charge in [-0.05, 0) is 13.8 Å². The molecule has 0 fully saturated rings.